The number of hydrogen-bond donors (Lipinski definition) is 1. The molecule has 0 saturated heterocycles. The number of hydrogen-bond acceptors (Lipinski definition) is 5. The van der Waals surface area contributed by atoms with Crippen LogP contribution in [0.4, 0.5) is 0 Å². The first kappa shape index (κ1) is 12.9. The lowest BCUT2D eigenvalue weighted by atomic mass is 10.3. The van der Waals surface area contributed by atoms with Gasteiger partial charge in [0.05, 0.1) is 12.8 Å². The van der Waals surface area contributed by atoms with Crippen molar-refractivity contribution in [3.05, 3.63) is 17.8 Å². The Morgan fingerprint density at radius 1 is 1.31 bits per heavy atom. The SMILES string of the molecule is CCCCOCCOc1nnccc1CN. The minimum Gasteiger partial charge on any atom is -0.474 e. The molecule has 0 spiro atoms. The van der Waals surface area contributed by atoms with Gasteiger partial charge >= 0.3 is 0 Å². The molecule has 16 heavy (non-hydrogen) atoms. The largest absolute Gasteiger partial charge is 0.474 e. The third kappa shape index (κ3) is 4.55. The molecule has 1 rings (SSSR count). The highest BCUT2D eigenvalue weighted by atomic mass is 16.5. The van der Waals surface area contributed by atoms with Crippen LogP contribution in [0.3, 0.4) is 0 Å². The summed E-state index contributed by atoms with van der Waals surface area (Å²) in [5.41, 5.74) is 6.41. The summed E-state index contributed by atoms with van der Waals surface area (Å²) >= 11 is 0. The molecule has 0 amide bonds. The maximum absolute atomic E-state index is 5.54. The quantitative estimate of drug-likeness (QED) is 0.671. The number of unbranched alkanes of at least 4 members (excludes halogenated alkanes) is 1. The van der Waals surface area contributed by atoms with Gasteiger partial charge in [-0.1, -0.05) is 13.3 Å². The highest BCUT2D eigenvalue weighted by Crippen LogP contribution is 2.11. The third-order valence-electron chi connectivity index (χ3n) is 2.09. The van der Waals surface area contributed by atoms with Gasteiger partial charge in [-0.05, 0) is 12.5 Å². The van der Waals surface area contributed by atoms with E-state index in [1.54, 1.807) is 12.3 Å². The van der Waals surface area contributed by atoms with Crippen molar-refractivity contribution in [3.63, 3.8) is 0 Å². The summed E-state index contributed by atoms with van der Waals surface area (Å²) in [5, 5.41) is 7.63. The molecule has 0 bridgehead atoms. The normalized spacial score (nSPS) is 10.4. The summed E-state index contributed by atoms with van der Waals surface area (Å²) in [6.45, 7) is 4.37. The van der Waals surface area contributed by atoms with Gasteiger partial charge < -0.3 is 15.2 Å². The fourth-order valence-electron chi connectivity index (χ4n) is 1.17. The first-order valence-electron chi connectivity index (χ1n) is 5.59. The predicted molar refractivity (Wildman–Crippen MR) is 61.1 cm³/mol. The molecule has 90 valence electrons. The molecule has 0 radical (unpaired) electrons. The zero-order valence-corrected chi connectivity index (χ0v) is 9.69. The smallest absolute Gasteiger partial charge is 0.238 e. The summed E-state index contributed by atoms with van der Waals surface area (Å²) in [6, 6.07) is 1.81. The van der Waals surface area contributed by atoms with Gasteiger partial charge in [-0.3, -0.25) is 0 Å². The average Bonchev–Trinajstić information content (AvgIpc) is 2.34. The van der Waals surface area contributed by atoms with Crippen LogP contribution in [0.25, 0.3) is 0 Å². The fraction of sp³-hybridized carbons (Fsp3) is 0.636. The maximum Gasteiger partial charge on any atom is 0.238 e. The van der Waals surface area contributed by atoms with Crippen LogP contribution >= 0.6 is 0 Å². The second-order valence-corrected chi connectivity index (χ2v) is 3.38. The van der Waals surface area contributed by atoms with Gasteiger partial charge in [0.25, 0.3) is 0 Å². The van der Waals surface area contributed by atoms with Crippen molar-refractivity contribution >= 4 is 0 Å². The summed E-state index contributed by atoms with van der Waals surface area (Å²) in [7, 11) is 0. The molecule has 0 saturated carbocycles. The Bertz CT molecular complexity index is 294. The van der Waals surface area contributed by atoms with Gasteiger partial charge in [0, 0.05) is 18.7 Å². The van der Waals surface area contributed by atoms with Crippen molar-refractivity contribution in [2.24, 2.45) is 5.73 Å². The van der Waals surface area contributed by atoms with E-state index in [2.05, 4.69) is 17.1 Å². The monoisotopic (exact) mass is 225 g/mol. The van der Waals surface area contributed by atoms with Gasteiger partial charge in [-0.25, -0.2) is 0 Å². The number of aromatic nitrogens is 2. The van der Waals surface area contributed by atoms with Gasteiger partial charge in [-0.15, -0.1) is 5.10 Å². The summed E-state index contributed by atoms with van der Waals surface area (Å²) in [5.74, 6) is 0.504. The molecule has 0 aliphatic carbocycles. The highest BCUT2D eigenvalue weighted by Gasteiger charge is 2.02. The first-order valence-corrected chi connectivity index (χ1v) is 5.59. The van der Waals surface area contributed by atoms with Crippen LogP contribution in [-0.4, -0.2) is 30.0 Å². The molecule has 2 N–H and O–H groups in total. The Balaban J connectivity index is 2.21. The molecule has 0 atom stereocenters. The van der Waals surface area contributed by atoms with E-state index in [0.29, 0.717) is 25.6 Å². The topological polar surface area (TPSA) is 70.3 Å². The van der Waals surface area contributed by atoms with E-state index in [1.165, 1.54) is 0 Å². The summed E-state index contributed by atoms with van der Waals surface area (Å²) < 4.78 is 10.8. The van der Waals surface area contributed by atoms with E-state index < -0.39 is 0 Å². The van der Waals surface area contributed by atoms with E-state index in [9.17, 15) is 0 Å². The Labute approximate surface area is 96.0 Å². The minimum absolute atomic E-state index is 0.404. The van der Waals surface area contributed by atoms with Crippen LogP contribution in [0.1, 0.15) is 25.3 Å². The van der Waals surface area contributed by atoms with Crippen molar-refractivity contribution in [1.29, 1.82) is 0 Å². The number of nitrogens with zero attached hydrogens (tertiary/aromatic N) is 2. The molecule has 1 aromatic rings. The molecule has 5 nitrogen and oxygen atoms in total. The lowest BCUT2D eigenvalue weighted by molar-refractivity contribution is 0.0958. The van der Waals surface area contributed by atoms with Crippen LogP contribution in [0, 0.1) is 0 Å². The van der Waals surface area contributed by atoms with Crippen molar-refractivity contribution in [1.82, 2.24) is 10.2 Å². The van der Waals surface area contributed by atoms with Crippen molar-refractivity contribution in [3.8, 4) is 5.88 Å². The lowest BCUT2D eigenvalue weighted by Crippen LogP contribution is -2.11. The van der Waals surface area contributed by atoms with Crippen LogP contribution in [0.5, 0.6) is 5.88 Å². The number of nitrogens with two attached hydrogens (primary N) is 1. The second kappa shape index (κ2) is 8.01. The minimum atomic E-state index is 0.404. The van der Waals surface area contributed by atoms with Crippen LogP contribution < -0.4 is 10.5 Å². The summed E-state index contributed by atoms with van der Waals surface area (Å²) in [6.07, 6.45) is 3.83. The van der Waals surface area contributed by atoms with Gasteiger partial charge in [0.2, 0.25) is 5.88 Å². The highest BCUT2D eigenvalue weighted by molar-refractivity contribution is 5.22. The van der Waals surface area contributed by atoms with E-state index in [1.807, 2.05) is 0 Å². The zero-order chi connectivity index (χ0) is 11.6. The molecule has 1 heterocycles. The molecule has 5 heteroatoms. The van der Waals surface area contributed by atoms with Crippen molar-refractivity contribution in [2.45, 2.75) is 26.3 Å². The Morgan fingerprint density at radius 3 is 2.94 bits per heavy atom. The van der Waals surface area contributed by atoms with Crippen molar-refractivity contribution in [2.75, 3.05) is 19.8 Å². The third-order valence-corrected chi connectivity index (χ3v) is 2.09. The molecule has 0 aliphatic heterocycles. The zero-order valence-electron chi connectivity index (χ0n) is 9.69. The molecule has 0 unspecified atom stereocenters. The molecule has 1 aromatic heterocycles. The number of ether oxygens (including phenoxy) is 2. The Hall–Kier alpha value is -1.20. The molecular formula is C11H19N3O2. The van der Waals surface area contributed by atoms with E-state index in [0.717, 1.165) is 25.0 Å². The van der Waals surface area contributed by atoms with Crippen LogP contribution in [0.2, 0.25) is 0 Å². The summed E-state index contributed by atoms with van der Waals surface area (Å²) in [4.78, 5) is 0. The van der Waals surface area contributed by atoms with Crippen LogP contribution in [0.15, 0.2) is 12.3 Å². The van der Waals surface area contributed by atoms with Crippen molar-refractivity contribution < 1.29 is 9.47 Å². The maximum atomic E-state index is 5.54. The van der Waals surface area contributed by atoms with Gasteiger partial charge in [0.1, 0.15) is 6.61 Å². The fourth-order valence-corrected chi connectivity index (χ4v) is 1.17. The molecule has 0 fully saturated rings. The average molecular weight is 225 g/mol. The standard InChI is InChI=1S/C11H19N3O2/c1-2-3-6-15-7-8-16-11-10(9-12)4-5-13-14-11/h4-5H,2-3,6-9,12H2,1H3. The first-order chi connectivity index (χ1) is 7.88. The second-order valence-electron chi connectivity index (χ2n) is 3.38. The molecule has 0 aliphatic rings. The van der Waals surface area contributed by atoms with E-state index >= 15 is 0 Å². The molecule has 0 aromatic carbocycles. The van der Waals surface area contributed by atoms with E-state index in [-0.39, 0.29) is 0 Å². The number of rotatable bonds is 8. The Kier molecular flexibility index (Phi) is 6.44. The van der Waals surface area contributed by atoms with Crippen LogP contribution in [-0.2, 0) is 11.3 Å². The van der Waals surface area contributed by atoms with E-state index in [4.69, 9.17) is 15.2 Å². The molecular weight excluding hydrogens is 206 g/mol. The lowest BCUT2D eigenvalue weighted by Gasteiger charge is -2.08. The van der Waals surface area contributed by atoms with Gasteiger partial charge in [0.15, 0.2) is 0 Å². The Morgan fingerprint density at radius 2 is 2.19 bits per heavy atom. The van der Waals surface area contributed by atoms with Gasteiger partial charge in [-0.2, -0.15) is 5.10 Å². The predicted octanol–water partition coefficient (Wildman–Crippen LogP) is 1.13.